The summed E-state index contributed by atoms with van der Waals surface area (Å²) in [5.74, 6) is 0.0368. The molecule has 0 atom stereocenters. The highest BCUT2D eigenvalue weighted by Crippen LogP contribution is 2.39. The van der Waals surface area contributed by atoms with E-state index in [1.54, 1.807) is 0 Å². The summed E-state index contributed by atoms with van der Waals surface area (Å²) < 4.78 is 2.11. The summed E-state index contributed by atoms with van der Waals surface area (Å²) in [7, 11) is 0. The summed E-state index contributed by atoms with van der Waals surface area (Å²) in [6, 6.07) is 4.40. The van der Waals surface area contributed by atoms with Gasteiger partial charge in [0.1, 0.15) is 5.69 Å². The van der Waals surface area contributed by atoms with Crippen molar-refractivity contribution in [3.63, 3.8) is 0 Å². The minimum absolute atomic E-state index is 0.0368. The van der Waals surface area contributed by atoms with Crippen LogP contribution in [-0.2, 0) is 0 Å². The fourth-order valence-corrected chi connectivity index (χ4v) is 3.67. The Labute approximate surface area is 126 Å². The molecule has 2 fully saturated rings. The maximum atomic E-state index is 12.5. The van der Waals surface area contributed by atoms with Crippen molar-refractivity contribution in [1.82, 2.24) is 9.88 Å². The maximum Gasteiger partial charge on any atom is 0.267 e. The summed E-state index contributed by atoms with van der Waals surface area (Å²) >= 11 is 0. The third-order valence-electron chi connectivity index (χ3n) is 5.13. The van der Waals surface area contributed by atoms with E-state index in [0.29, 0.717) is 12.6 Å². The number of amides is 1. The topological polar surface area (TPSA) is 54.3 Å². The van der Waals surface area contributed by atoms with Crippen molar-refractivity contribution in [2.45, 2.75) is 57.4 Å². The molecule has 2 aliphatic rings. The molecule has 2 aliphatic carbocycles. The van der Waals surface area contributed by atoms with Crippen LogP contribution >= 0.6 is 0 Å². The normalized spacial score (nSPS) is 21.2. The van der Waals surface area contributed by atoms with Gasteiger partial charge in [-0.1, -0.05) is 19.3 Å². The number of aromatic nitrogens is 1. The first-order chi connectivity index (χ1) is 10.2. The monoisotopic (exact) mass is 290 g/mol. The number of aliphatic hydroxyl groups is 1. The van der Waals surface area contributed by atoms with E-state index in [-0.39, 0.29) is 17.9 Å². The molecule has 21 heavy (non-hydrogen) atoms. The minimum atomic E-state index is 0.0368. The first kappa shape index (κ1) is 14.6. The lowest BCUT2D eigenvalue weighted by molar-refractivity contribution is 0.0860. The first-order valence-corrected chi connectivity index (χ1v) is 8.30. The molecule has 0 aromatic carbocycles. The van der Waals surface area contributed by atoms with Crippen molar-refractivity contribution in [2.75, 3.05) is 13.2 Å². The fraction of sp³-hybridized carbons (Fsp3) is 0.706. The van der Waals surface area contributed by atoms with E-state index in [1.807, 2.05) is 18.3 Å². The molecule has 0 aliphatic heterocycles. The average molecular weight is 290 g/mol. The Bertz CT molecular complexity index is 479. The fourth-order valence-electron chi connectivity index (χ4n) is 3.67. The van der Waals surface area contributed by atoms with Crippen LogP contribution in [0.2, 0.25) is 0 Å². The van der Waals surface area contributed by atoms with Crippen molar-refractivity contribution >= 4 is 5.91 Å². The third-order valence-corrected chi connectivity index (χ3v) is 5.13. The van der Waals surface area contributed by atoms with Gasteiger partial charge in [0, 0.05) is 25.4 Å². The predicted octanol–water partition coefficient (Wildman–Crippen LogP) is 2.89. The van der Waals surface area contributed by atoms with Gasteiger partial charge in [0.25, 0.3) is 5.91 Å². The van der Waals surface area contributed by atoms with Gasteiger partial charge in [-0.3, -0.25) is 4.79 Å². The molecule has 0 radical (unpaired) electrons. The molecule has 2 saturated carbocycles. The zero-order valence-electron chi connectivity index (χ0n) is 12.7. The van der Waals surface area contributed by atoms with Crippen LogP contribution in [0.4, 0.5) is 0 Å². The molecule has 0 unspecified atom stereocenters. The van der Waals surface area contributed by atoms with E-state index in [9.17, 15) is 9.90 Å². The van der Waals surface area contributed by atoms with Gasteiger partial charge in [-0.25, -0.2) is 0 Å². The molecule has 0 saturated heterocycles. The van der Waals surface area contributed by atoms with Gasteiger partial charge in [-0.2, -0.15) is 0 Å². The van der Waals surface area contributed by atoms with Crippen molar-refractivity contribution in [1.29, 1.82) is 0 Å². The van der Waals surface area contributed by atoms with Crippen molar-refractivity contribution < 1.29 is 9.90 Å². The van der Waals surface area contributed by atoms with E-state index in [4.69, 9.17) is 0 Å². The van der Waals surface area contributed by atoms with Gasteiger partial charge in [-0.05, 0) is 49.7 Å². The van der Waals surface area contributed by atoms with Crippen LogP contribution in [0.3, 0.4) is 0 Å². The Balaban J connectivity index is 1.62. The van der Waals surface area contributed by atoms with E-state index >= 15 is 0 Å². The average Bonchev–Trinajstić information content (AvgIpc) is 3.23. The van der Waals surface area contributed by atoms with Crippen LogP contribution in [0, 0.1) is 5.41 Å². The number of hydrogen-bond donors (Lipinski definition) is 2. The Hall–Kier alpha value is -1.29. The molecular weight excluding hydrogens is 264 g/mol. The summed E-state index contributed by atoms with van der Waals surface area (Å²) in [6.07, 6.45) is 11.1. The summed E-state index contributed by atoms with van der Waals surface area (Å²) in [5, 5.41) is 12.5. The Morgan fingerprint density at radius 3 is 2.76 bits per heavy atom. The molecule has 4 nitrogen and oxygen atoms in total. The highest BCUT2D eigenvalue weighted by Gasteiger charge is 2.32. The number of nitrogens with zero attached hydrogens (tertiary/aromatic N) is 1. The standard InChI is InChI=1S/C17H26N2O2/c20-12-10-17(8-2-1-3-9-17)13-18-16(21)15-5-4-11-19(15)14-6-7-14/h4-5,11,14,20H,1-3,6-10,12-13H2,(H,18,21). The van der Waals surface area contributed by atoms with Gasteiger partial charge in [-0.15, -0.1) is 0 Å². The van der Waals surface area contributed by atoms with E-state index < -0.39 is 0 Å². The summed E-state index contributed by atoms with van der Waals surface area (Å²) in [5.41, 5.74) is 0.895. The molecule has 1 heterocycles. The van der Waals surface area contributed by atoms with Gasteiger partial charge >= 0.3 is 0 Å². The van der Waals surface area contributed by atoms with Crippen LogP contribution in [0.5, 0.6) is 0 Å². The second-order valence-electron chi connectivity index (χ2n) is 6.75. The highest BCUT2D eigenvalue weighted by atomic mass is 16.3. The summed E-state index contributed by atoms with van der Waals surface area (Å²) in [4.78, 5) is 12.5. The molecule has 1 aromatic heterocycles. The highest BCUT2D eigenvalue weighted by molar-refractivity contribution is 5.92. The zero-order valence-corrected chi connectivity index (χ0v) is 12.7. The number of carbonyl (C=O) groups excluding carboxylic acids is 1. The number of aliphatic hydroxyl groups excluding tert-OH is 1. The molecule has 116 valence electrons. The molecular formula is C17H26N2O2. The van der Waals surface area contributed by atoms with Crippen LogP contribution in [0.15, 0.2) is 18.3 Å². The van der Waals surface area contributed by atoms with Crippen molar-refractivity contribution in [3.8, 4) is 0 Å². The number of nitrogens with one attached hydrogen (secondary N) is 1. The number of hydrogen-bond acceptors (Lipinski definition) is 2. The molecule has 1 amide bonds. The Morgan fingerprint density at radius 2 is 2.10 bits per heavy atom. The zero-order chi connectivity index (χ0) is 14.7. The van der Waals surface area contributed by atoms with E-state index in [2.05, 4.69) is 9.88 Å². The molecule has 0 spiro atoms. The Morgan fingerprint density at radius 1 is 1.33 bits per heavy atom. The number of carbonyl (C=O) groups is 1. The van der Waals surface area contributed by atoms with Crippen LogP contribution < -0.4 is 5.32 Å². The second-order valence-corrected chi connectivity index (χ2v) is 6.75. The van der Waals surface area contributed by atoms with Gasteiger partial charge in [0.15, 0.2) is 0 Å². The lowest BCUT2D eigenvalue weighted by Gasteiger charge is -2.37. The van der Waals surface area contributed by atoms with Crippen molar-refractivity contribution in [3.05, 3.63) is 24.0 Å². The lowest BCUT2D eigenvalue weighted by atomic mass is 9.72. The number of rotatable bonds is 6. The van der Waals surface area contributed by atoms with Crippen LogP contribution in [-0.4, -0.2) is 28.7 Å². The maximum absolute atomic E-state index is 12.5. The van der Waals surface area contributed by atoms with Gasteiger partial charge in [0.2, 0.25) is 0 Å². The van der Waals surface area contributed by atoms with Crippen LogP contribution in [0.1, 0.15) is 67.9 Å². The predicted molar refractivity (Wildman–Crippen MR) is 82.3 cm³/mol. The molecule has 2 N–H and O–H groups in total. The van der Waals surface area contributed by atoms with E-state index in [1.165, 1.54) is 32.1 Å². The Kier molecular flexibility index (Phi) is 4.34. The largest absolute Gasteiger partial charge is 0.396 e. The van der Waals surface area contributed by atoms with Crippen LogP contribution in [0.25, 0.3) is 0 Å². The lowest BCUT2D eigenvalue weighted by Crippen LogP contribution is -2.40. The second kappa shape index (κ2) is 6.22. The summed E-state index contributed by atoms with van der Waals surface area (Å²) in [6.45, 7) is 0.913. The smallest absolute Gasteiger partial charge is 0.267 e. The van der Waals surface area contributed by atoms with Crippen molar-refractivity contribution in [2.24, 2.45) is 5.41 Å². The van der Waals surface area contributed by atoms with Gasteiger partial charge < -0.3 is 15.0 Å². The minimum Gasteiger partial charge on any atom is -0.396 e. The SMILES string of the molecule is O=C(NCC1(CCO)CCCCC1)c1cccn1C1CC1. The van der Waals surface area contributed by atoms with E-state index in [0.717, 1.165) is 25.0 Å². The third kappa shape index (κ3) is 3.31. The molecule has 0 bridgehead atoms. The molecule has 4 heteroatoms. The van der Waals surface area contributed by atoms with Gasteiger partial charge in [0.05, 0.1) is 0 Å². The first-order valence-electron chi connectivity index (χ1n) is 8.30. The quantitative estimate of drug-likeness (QED) is 0.846. The molecule has 1 aromatic rings. The molecule has 3 rings (SSSR count).